The van der Waals surface area contributed by atoms with E-state index in [0.29, 0.717) is 30.0 Å². The second kappa shape index (κ2) is 11.8. The Hall–Kier alpha value is -3.63. The molecule has 7 heteroatoms. The van der Waals surface area contributed by atoms with Crippen LogP contribution in [0.25, 0.3) is 0 Å². The molecule has 33 heavy (non-hydrogen) atoms. The maximum atomic E-state index is 12.7. The zero-order valence-corrected chi connectivity index (χ0v) is 18.8. The van der Waals surface area contributed by atoms with Crippen LogP contribution in [0.3, 0.4) is 0 Å². The highest BCUT2D eigenvalue weighted by Crippen LogP contribution is 2.30. The number of esters is 1. The fraction of sp³-hybridized carbons (Fsp3) is 0.346. The minimum atomic E-state index is -0.201. The Bertz CT molecular complexity index is 1050. The maximum absolute atomic E-state index is 12.7. The standard InChI is InChI=1S/C26H29N3O4/c1-3-12-28-25(27)19-6-8-20(9-7-19)26(31)29-23-11-10-21-15-18(4-5-22(21)17-23)16-24(30)33-14-13-32-2/h1,6-11,17-18H,4-5,12-16H2,2H3,(H2,27,28)(H,29,31). The van der Waals surface area contributed by atoms with E-state index in [1.54, 1.807) is 31.4 Å². The van der Waals surface area contributed by atoms with Gasteiger partial charge in [-0.2, -0.15) is 0 Å². The van der Waals surface area contributed by atoms with E-state index in [4.69, 9.17) is 21.6 Å². The lowest BCUT2D eigenvalue weighted by Crippen LogP contribution is -2.20. The lowest BCUT2D eigenvalue weighted by atomic mass is 9.82. The Balaban J connectivity index is 1.57. The van der Waals surface area contributed by atoms with Crippen molar-refractivity contribution in [3.05, 3.63) is 64.7 Å². The van der Waals surface area contributed by atoms with Crippen LogP contribution in [-0.4, -0.2) is 44.6 Å². The molecule has 2 aromatic carbocycles. The van der Waals surface area contributed by atoms with Crippen molar-refractivity contribution in [3.8, 4) is 12.3 Å². The third kappa shape index (κ3) is 6.93. The molecular formula is C26H29N3O4. The Labute approximate surface area is 194 Å². The van der Waals surface area contributed by atoms with Gasteiger partial charge in [-0.3, -0.25) is 14.6 Å². The molecule has 0 saturated heterocycles. The number of rotatable bonds is 9. The molecule has 1 aliphatic carbocycles. The minimum absolute atomic E-state index is 0.181. The predicted octanol–water partition coefficient (Wildman–Crippen LogP) is 2.96. The molecule has 3 N–H and O–H groups in total. The summed E-state index contributed by atoms with van der Waals surface area (Å²) in [5, 5.41) is 2.95. The van der Waals surface area contributed by atoms with E-state index in [1.807, 2.05) is 18.2 Å². The number of nitrogens with zero attached hydrogens (tertiary/aromatic N) is 1. The van der Waals surface area contributed by atoms with Crippen LogP contribution < -0.4 is 11.1 Å². The fourth-order valence-corrected chi connectivity index (χ4v) is 3.83. The van der Waals surface area contributed by atoms with Crippen LogP contribution in [-0.2, 0) is 27.1 Å². The van der Waals surface area contributed by atoms with E-state index < -0.39 is 0 Å². The zero-order chi connectivity index (χ0) is 23.6. The number of methoxy groups -OCH3 is 1. The van der Waals surface area contributed by atoms with Gasteiger partial charge in [0, 0.05) is 30.3 Å². The summed E-state index contributed by atoms with van der Waals surface area (Å²) in [6.45, 7) is 0.912. The van der Waals surface area contributed by atoms with E-state index in [0.717, 1.165) is 24.9 Å². The molecule has 1 amide bonds. The third-order valence-electron chi connectivity index (χ3n) is 5.58. The predicted molar refractivity (Wildman–Crippen MR) is 128 cm³/mol. The molecule has 1 unspecified atom stereocenters. The SMILES string of the molecule is C#CCN=C(N)c1ccc(C(=O)Nc2ccc3c(c2)CCC(CC(=O)OCCOC)C3)cc1. The molecule has 0 aliphatic heterocycles. The molecule has 0 radical (unpaired) electrons. The first-order chi connectivity index (χ1) is 16.0. The first kappa shape index (κ1) is 24.0. The number of carbonyl (C=O) groups is 2. The van der Waals surface area contributed by atoms with Crippen LogP contribution in [0.1, 0.15) is 39.9 Å². The normalized spacial score (nSPS) is 15.3. The number of carbonyl (C=O) groups excluding carboxylic acids is 2. The Morgan fingerprint density at radius 1 is 1.15 bits per heavy atom. The van der Waals surface area contributed by atoms with E-state index in [-0.39, 0.29) is 30.9 Å². The van der Waals surface area contributed by atoms with Gasteiger partial charge in [0.15, 0.2) is 0 Å². The third-order valence-corrected chi connectivity index (χ3v) is 5.58. The number of nitrogens with one attached hydrogen (secondary N) is 1. The number of hydrogen-bond donors (Lipinski definition) is 2. The number of amidine groups is 1. The summed E-state index contributed by atoms with van der Waals surface area (Å²) in [5.74, 6) is 2.64. The van der Waals surface area contributed by atoms with Crippen LogP contribution >= 0.6 is 0 Å². The van der Waals surface area contributed by atoms with Crippen molar-refractivity contribution in [1.29, 1.82) is 0 Å². The average Bonchev–Trinajstić information content (AvgIpc) is 2.82. The van der Waals surface area contributed by atoms with E-state index in [2.05, 4.69) is 16.2 Å². The lowest BCUT2D eigenvalue weighted by Gasteiger charge is -2.24. The van der Waals surface area contributed by atoms with Crippen molar-refractivity contribution in [2.75, 3.05) is 32.2 Å². The molecule has 172 valence electrons. The minimum Gasteiger partial charge on any atom is -0.463 e. The molecule has 0 spiro atoms. The van der Waals surface area contributed by atoms with Gasteiger partial charge in [-0.25, -0.2) is 0 Å². The highest BCUT2D eigenvalue weighted by molar-refractivity contribution is 6.05. The summed E-state index contributed by atoms with van der Waals surface area (Å²) < 4.78 is 10.1. The number of hydrogen-bond acceptors (Lipinski definition) is 5. The van der Waals surface area contributed by atoms with Crippen molar-refractivity contribution in [2.45, 2.75) is 25.7 Å². The number of fused-ring (bicyclic) bond motifs is 1. The van der Waals surface area contributed by atoms with Gasteiger partial charge in [-0.1, -0.05) is 24.1 Å². The second-order valence-corrected chi connectivity index (χ2v) is 7.95. The molecular weight excluding hydrogens is 418 g/mol. The number of terminal acetylenes is 1. The van der Waals surface area contributed by atoms with Crippen molar-refractivity contribution >= 4 is 23.4 Å². The smallest absolute Gasteiger partial charge is 0.306 e. The van der Waals surface area contributed by atoms with Crippen LogP contribution in [0.5, 0.6) is 0 Å². The first-order valence-electron chi connectivity index (χ1n) is 10.9. The van der Waals surface area contributed by atoms with Crippen molar-refractivity contribution in [3.63, 3.8) is 0 Å². The fourth-order valence-electron chi connectivity index (χ4n) is 3.83. The van der Waals surface area contributed by atoms with Crippen molar-refractivity contribution in [2.24, 2.45) is 16.6 Å². The number of benzene rings is 2. The van der Waals surface area contributed by atoms with Crippen molar-refractivity contribution < 1.29 is 19.1 Å². The molecule has 3 rings (SSSR count). The lowest BCUT2D eigenvalue weighted by molar-refractivity contribution is -0.146. The number of anilines is 1. The summed E-state index contributed by atoms with van der Waals surface area (Å²) in [7, 11) is 1.58. The van der Waals surface area contributed by atoms with Crippen LogP contribution in [0.15, 0.2) is 47.5 Å². The van der Waals surface area contributed by atoms with Gasteiger partial charge in [-0.05, 0) is 60.6 Å². The monoisotopic (exact) mass is 447 g/mol. The molecule has 0 aromatic heterocycles. The number of aliphatic imine (C=N–C) groups is 1. The summed E-state index contributed by atoms with van der Waals surface area (Å²) >= 11 is 0. The number of ether oxygens (including phenoxy) is 2. The Kier molecular flexibility index (Phi) is 8.62. The maximum Gasteiger partial charge on any atom is 0.306 e. The van der Waals surface area contributed by atoms with E-state index in [1.165, 1.54) is 11.1 Å². The van der Waals surface area contributed by atoms with Gasteiger partial charge in [0.25, 0.3) is 5.91 Å². The summed E-state index contributed by atoms with van der Waals surface area (Å²) in [4.78, 5) is 28.7. The molecule has 2 aromatic rings. The van der Waals surface area contributed by atoms with Gasteiger partial charge in [0.05, 0.1) is 6.61 Å². The molecule has 0 fully saturated rings. The Morgan fingerprint density at radius 3 is 2.64 bits per heavy atom. The van der Waals surface area contributed by atoms with E-state index in [9.17, 15) is 9.59 Å². The summed E-state index contributed by atoms with van der Waals surface area (Å²) in [6.07, 6.45) is 8.20. The van der Waals surface area contributed by atoms with Gasteiger partial charge in [0.1, 0.15) is 19.0 Å². The number of nitrogens with two attached hydrogens (primary N) is 1. The van der Waals surface area contributed by atoms with Gasteiger partial charge >= 0.3 is 5.97 Å². The molecule has 1 aliphatic rings. The quantitative estimate of drug-likeness (QED) is 0.202. The summed E-state index contributed by atoms with van der Waals surface area (Å²) in [5.41, 5.74) is 10.3. The molecule has 0 heterocycles. The Morgan fingerprint density at radius 2 is 1.91 bits per heavy atom. The zero-order valence-electron chi connectivity index (χ0n) is 18.8. The second-order valence-electron chi connectivity index (χ2n) is 7.95. The molecule has 1 atom stereocenters. The van der Waals surface area contributed by atoms with Gasteiger partial charge in [-0.15, -0.1) is 6.42 Å². The van der Waals surface area contributed by atoms with Crippen LogP contribution in [0.4, 0.5) is 5.69 Å². The highest BCUT2D eigenvalue weighted by atomic mass is 16.6. The van der Waals surface area contributed by atoms with Crippen molar-refractivity contribution in [1.82, 2.24) is 0 Å². The molecule has 0 bridgehead atoms. The van der Waals surface area contributed by atoms with Gasteiger partial charge in [0.2, 0.25) is 0 Å². The summed E-state index contributed by atoms with van der Waals surface area (Å²) in [6, 6.07) is 12.8. The topological polar surface area (TPSA) is 103 Å². The largest absolute Gasteiger partial charge is 0.463 e. The van der Waals surface area contributed by atoms with E-state index >= 15 is 0 Å². The number of aryl methyl sites for hydroxylation is 1. The first-order valence-corrected chi connectivity index (χ1v) is 10.9. The van der Waals surface area contributed by atoms with Crippen LogP contribution in [0.2, 0.25) is 0 Å². The average molecular weight is 448 g/mol. The van der Waals surface area contributed by atoms with Gasteiger partial charge < -0.3 is 20.5 Å². The molecule has 0 saturated carbocycles. The highest BCUT2D eigenvalue weighted by Gasteiger charge is 2.22. The number of amides is 1. The molecule has 7 nitrogen and oxygen atoms in total. The van der Waals surface area contributed by atoms with Crippen LogP contribution in [0, 0.1) is 18.3 Å².